The Balaban J connectivity index is 1.13. The van der Waals surface area contributed by atoms with Crippen molar-refractivity contribution in [1.82, 2.24) is 15.6 Å². The van der Waals surface area contributed by atoms with Crippen molar-refractivity contribution in [1.29, 1.82) is 0 Å². The predicted molar refractivity (Wildman–Crippen MR) is 187 cm³/mol. The average Bonchev–Trinajstić information content (AvgIpc) is 3.67. The van der Waals surface area contributed by atoms with Gasteiger partial charge in [-0.15, -0.1) is 0 Å². The van der Waals surface area contributed by atoms with Gasteiger partial charge in [0, 0.05) is 24.4 Å². The van der Waals surface area contributed by atoms with E-state index >= 15 is 0 Å². The van der Waals surface area contributed by atoms with Crippen molar-refractivity contribution < 1.29 is 36.9 Å². The summed E-state index contributed by atoms with van der Waals surface area (Å²) in [6.07, 6.45) is -1.32. The molecule has 0 spiro atoms. The molecule has 8 rings (SSSR count). The van der Waals surface area contributed by atoms with E-state index in [0.29, 0.717) is 29.4 Å². The van der Waals surface area contributed by atoms with Crippen LogP contribution < -0.4 is 10.6 Å². The van der Waals surface area contributed by atoms with E-state index in [0.717, 1.165) is 24.3 Å². The average molecular weight is 705 g/mol. The van der Waals surface area contributed by atoms with Crippen LogP contribution in [0.15, 0.2) is 65.9 Å². The molecule has 3 aromatic rings. The predicted octanol–water partition coefficient (Wildman–Crippen LogP) is 6.54. The molecule has 3 saturated carbocycles. The Kier molecular flexibility index (Phi) is 8.97. The van der Waals surface area contributed by atoms with Crippen molar-refractivity contribution in [2.24, 2.45) is 28.3 Å². The number of carbonyl (C=O) groups is 2. The molecule has 270 valence electrons. The molecule has 2 amide bonds. The van der Waals surface area contributed by atoms with Gasteiger partial charge in [0.25, 0.3) is 11.8 Å². The second kappa shape index (κ2) is 12.9. The number of fused-ring (bicyclic) bond motifs is 1. The third-order valence-electron chi connectivity index (χ3n) is 11.7. The molecule has 6 atom stereocenters. The van der Waals surface area contributed by atoms with Gasteiger partial charge in [-0.3, -0.25) is 14.6 Å². The monoisotopic (exact) mass is 704 g/mol. The second-order valence-electron chi connectivity index (χ2n) is 15.9. The largest absolute Gasteiger partial charge is 0.481 e. The summed E-state index contributed by atoms with van der Waals surface area (Å²) in [4.78, 5) is 37.9. The Hall–Kier alpha value is -3.97. The molecule has 13 heteroatoms. The van der Waals surface area contributed by atoms with Gasteiger partial charge in [-0.05, 0) is 72.4 Å². The van der Waals surface area contributed by atoms with Crippen molar-refractivity contribution in [2.75, 3.05) is 6.54 Å². The zero-order valence-electron chi connectivity index (χ0n) is 29.5. The maximum absolute atomic E-state index is 14.5. The van der Waals surface area contributed by atoms with Crippen LogP contribution in [0.1, 0.15) is 81.9 Å². The van der Waals surface area contributed by atoms with Crippen LogP contribution in [-0.2, 0) is 31.5 Å². The lowest BCUT2D eigenvalue weighted by atomic mass is 9.43. The first-order valence-corrected chi connectivity index (χ1v) is 17.8. The van der Waals surface area contributed by atoms with E-state index in [4.69, 9.17) is 14.1 Å². The summed E-state index contributed by atoms with van der Waals surface area (Å²) < 4.78 is 55.8. The highest BCUT2D eigenvalue weighted by atomic mass is 19.4. The van der Waals surface area contributed by atoms with Crippen molar-refractivity contribution in [3.05, 3.63) is 77.6 Å². The van der Waals surface area contributed by atoms with Crippen LogP contribution in [0.4, 0.5) is 13.2 Å². The first kappa shape index (κ1) is 35.4. The summed E-state index contributed by atoms with van der Waals surface area (Å²) >= 11 is 0. The van der Waals surface area contributed by atoms with Gasteiger partial charge in [0.05, 0.1) is 35.5 Å². The third-order valence-corrected chi connectivity index (χ3v) is 11.7. The molecule has 1 unspecified atom stereocenters. The van der Waals surface area contributed by atoms with Crippen LogP contribution in [0, 0.1) is 23.2 Å². The molecule has 1 aromatic heterocycles. The van der Waals surface area contributed by atoms with E-state index in [1.54, 1.807) is 18.3 Å². The van der Waals surface area contributed by atoms with Crippen LogP contribution in [0.3, 0.4) is 0 Å². The standard InChI is InChI=1S/C38H44BF3N4O5/c1-22(2)16-31(39-49-30-18-25-17-29(35(25,3)4)36(30,5)50-39)45-34(48)37(19-24-11-7-9-13-28(24)38(40,41)42)20-26(46-51-37)21-44-33(47)32-27-12-8-6-10-23(27)14-15-43-32/h6-15,22,25,29-31H,16-21H2,1-5H3,(H,44,47)(H,45,48)/t25-,29-,30+,31-,36-,37?/m0/s1. The SMILES string of the molecule is CC(C)C[C@H](NC(=O)C1(Cc2ccccc2C(F)(F)F)CC(CNC(=O)c2nccc3ccccc23)=NO1)B1O[C@@H]2C[C@@H]3C[C@@H](C3(C)C)[C@]2(C)O1. The molecule has 2 bridgehead atoms. The van der Waals surface area contributed by atoms with Crippen LogP contribution in [-0.4, -0.2) is 59.4 Å². The fourth-order valence-electron chi connectivity index (χ4n) is 8.88. The first-order chi connectivity index (χ1) is 24.1. The van der Waals surface area contributed by atoms with Crippen LogP contribution in [0.5, 0.6) is 0 Å². The minimum absolute atomic E-state index is 0.0949. The van der Waals surface area contributed by atoms with E-state index in [-0.39, 0.29) is 41.7 Å². The van der Waals surface area contributed by atoms with E-state index < -0.39 is 54.2 Å². The number of nitrogens with zero attached hydrogens (tertiary/aromatic N) is 2. The Bertz CT molecular complexity index is 1860. The van der Waals surface area contributed by atoms with Crippen LogP contribution in [0.25, 0.3) is 10.8 Å². The number of hydrogen-bond acceptors (Lipinski definition) is 7. The number of pyridine rings is 1. The highest BCUT2D eigenvalue weighted by Gasteiger charge is 2.68. The molecular weight excluding hydrogens is 660 g/mol. The summed E-state index contributed by atoms with van der Waals surface area (Å²) in [5.74, 6) is -0.686. The van der Waals surface area contributed by atoms with Gasteiger partial charge in [0.2, 0.25) is 5.60 Å². The number of aromatic nitrogens is 1. The highest BCUT2D eigenvalue weighted by Crippen LogP contribution is 2.65. The van der Waals surface area contributed by atoms with E-state index in [1.165, 1.54) is 18.2 Å². The van der Waals surface area contributed by atoms with Gasteiger partial charge in [-0.1, -0.05) is 75.3 Å². The molecule has 4 fully saturated rings. The zero-order chi connectivity index (χ0) is 36.3. The molecule has 0 radical (unpaired) electrons. The summed E-state index contributed by atoms with van der Waals surface area (Å²) in [5, 5.41) is 11.6. The lowest BCUT2D eigenvalue weighted by molar-refractivity contribution is -0.199. The van der Waals surface area contributed by atoms with Gasteiger partial charge < -0.3 is 24.8 Å². The van der Waals surface area contributed by atoms with Gasteiger partial charge >= 0.3 is 13.3 Å². The minimum atomic E-state index is -4.65. The van der Waals surface area contributed by atoms with Crippen molar-refractivity contribution in [2.45, 2.75) is 96.1 Å². The Morgan fingerprint density at radius 1 is 1.04 bits per heavy atom. The molecule has 9 nitrogen and oxygen atoms in total. The number of hydrogen-bond donors (Lipinski definition) is 2. The number of alkyl halides is 3. The topological polar surface area (TPSA) is 111 Å². The van der Waals surface area contributed by atoms with Crippen LogP contribution in [0.2, 0.25) is 0 Å². The molecule has 2 aliphatic heterocycles. The summed E-state index contributed by atoms with van der Waals surface area (Å²) in [6, 6.07) is 14.3. The van der Waals surface area contributed by atoms with Gasteiger partial charge in [-0.25, -0.2) is 0 Å². The number of oxime groups is 1. The molecule has 5 aliphatic rings. The lowest BCUT2D eigenvalue weighted by Crippen LogP contribution is -2.65. The van der Waals surface area contributed by atoms with Gasteiger partial charge in [0.15, 0.2) is 0 Å². The molecule has 1 saturated heterocycles. The van der Waals surface area contributed by atoms with E-state index in [1.807, 2.05) is 32.0 Å². The Morgan fingerprint density at radius 3 is 2.53 bits per heavy atom. The number of carbonyl (C=O) groups excluding carboxylic acids is 2. The molecule has 3 aliphatic carbocycles. The summed E-state index contributed by atoms with van der Waals surface area (Å²) in [7, 11) is -0.740. The fraction of sp³-hybridized carbons (Fsp3) is 0.526. The first-order valence-electron chi connectivity index (χ1n) is 17.8. The molecule has 51 heavy (non-hydrogen) atoms. The lowest BCUT2D eigenvalue weighted by Gasteiger charge is -2.64. The second-order valence-corrected chi connectivity index (χ2v) is 15.9. The number of halogens is 3. The maximum atomic E-state index is 14.5. The fourth-order valence-corrected chi connectivity index (χ4v) is 8.88. The van der Waals surface area contributed by atoms with E-state index in [2.05, 4.69) is 41.5 Å². The van der Waals surface area contributed by atoms with Crippen molar-refractivity contribution >= 4 is 35.4 Å². The van der Waals surface area contributed by atoms with Crippen molar-refractivity contribution in [3.8, 4) is 0 Å². The molecular formula is C38H44BF3N4O5. The quantitative estimate of drug-likeness (QED) is 0.232. The maximum Gasteiger partial charge on any atom is 0.481 e. The normalized spacial score (nSPS) is 28.5. The summed E-state index contributed by atoms with van der Waals surface area (Å²) in [5.41, 5.74) is -2.65. The number of nitrogens with one attached hydrogen (secondary N) is 2. The molecule has 2 aromatic carbocycles. The minimum Gasteiger partial charge on any atom is -0.404 e. The molecule has 2 N–H and O–H groups in total. The summed E-state index contributed by atoms with van der Waals surface area (Å²) in [6.45, 7) is 10.6. The van der Waals surface area contributed by atoms with Crippen LogP contribution >= 0.6 is 0 Å². The Labute approximate surface area is 296 Å². The number of benzene rings is 2. The van der Waals surface area contributed by atoms with Crippen molar-refractivity contribution in [3.63, 3.8) is 0 Å². The van der Waals surface area contributed by atoms with E-state index in [9.17, 15) is 22.8 Å². The highest BCUT2D eigenvalue weighted by molar-refractivity contribution is 6.48. The third kappa shape index (κ3) is 6.41. The van der Waals surface area contributed by atoms with Gasteiger partial charge in [-0.2, -0.15) is 13.2 Å². The number of amides is 2. The smallest absolute Gasteiger partial charge is 0.404 e. The zero-order valence-corrected chi connectivity index (χ0v) is 29.5. The van der Waals surface area contributed by atoms with Gasteiger partial charge in [0.1, 0.15) is 5.69 Å². The molecule has 3 heterocycles. The number of rotatable bonds is 10. The Morgan fingerprint density at radius 2 is 1.78 bits per heavy atom.